The number of nitrogens with one attached hydrogen (secondary N) is 1. The number of carbonyl (C=O) groups is 2. The molecule has 1 N–H and O–H groups in total. The molecule has 3 fully saturated rings. The van der Waals surface area contributed by atoms with E-state index in [1.807, 2.05) is 6.20 Å². The van der Waals surface area contributed by atoms with Crippen molar-refractivity contribution in [2.24, 2.45) is 5.92 Å². The molecule has 0 radical (unpaired) electrons. The fourth-order valence-corrected chi connectivity index (χ4v) is 5.06. The van der Waals surface area contributed by atoms with E-state index in [1.165, 1.54) is 37.8 Å². The summed E-state index contributed by atoms with van der Waals surface area (Å²) in [6, 6.07) is 3.86. The number of carbonyl (C=O) groups excluding carboxylic acids is 2. The van der Waals surface area contributed by atoms with E-state index in [4.69, 9.17) is 0 Å². The van der Waals surface area contributed by atoms with Gasteiger partial charge >= 0.3 is 6.03 Å². The summed E-state index contributed by atoms with van der Waals surface area (Å²) in [4.78, 5) is 30.5. The molecule has 5 rings (SSSR count). The maximum Gasteiger partial charge on any atom is 0.328 e. The first-order valence-corrected chi connectivity index (χ1v) is 11.2. The van der Waals surface area contributed by atoms with Crippen molar-refractivity contribution >= 4 is 23.1 Å². The number of hydrogen-bond acceptors (Lipinski definition) is 5. The molecule has 1 aliphatic carbocycles. The summed E-state index contributed by atoms with van der Waals surface area (Å²) in [5, 5.41) is 6.77. The van der Waals surface area contributed by atoms with E-state index in [-0.39, 0.29) is 11.9 Å². The van der Waals surface area contributed by atoms with Crippen molar-refractivity contribution < 1.29 is 9.59 Å². The largest absolute Gasteiger partial charge is 0.328 e. The first-order chi connectivity index (χ1) is 14.7. The van der Waals surface area contributed by atoms with Crippen LogP contribution < -0.4 is 10.2 Å². The molecule has 2 aromatic heterocycles. The number of amides is 3. The summed E-state index contributed by atoms with van der Waals surface area (Å²) < 4.78 is 1.79. The van der Waals surface area contributed by atoms with E-state index in [0.717, 1.165) is 49.8 Å². The Labute approximate surface area is 176 Å². The van der Waals surface area contributed by atoms with E-state index in [0.29, 0.717) is 13.0 Å². The molecule has 8 nitrogen and oxygen atoms in total. The predicted octanol–water partition coefficient (Wildman–Crippen LogP) is 2.09. The van der Waals surface area contributed by atoms with Crippen molar-refractivity contribution in [3.05, 3.63) is 30.1 Å². The Hall–Kier alpha value is -2.45. The Balaban J connectivity index is 1.23. The third kappa shape index (κ3) is 4.06. The molecule has 0 bridgehead atoms. The van der Waals surface area contributed by atoms with Crippen LogP contribution in [0.1, 0.15) is 37.7 Å². The molecule has 0 unspecified atom stereocenters. The van der Waals surface area contributed by atoms with Crippen LogP contribution in [0.2, 0.25) is 0 Å². The molecule has 2 saturated heterocycles. The second-order valence-electron chi connectivity index (χ2n) is 8.88. The first kappa shape index (κ1) is 19.5. The van der Waals surface area contributed by atoms with E-state index in [2.05, 4.69) is 32.3 Å². The van der Waals surface area contributed by atoms with Crippen LogP contribution in [0.3, 0.4) is 0 Å². The molecular weight excluding hydrogens is 380 g/mol. The van der Waals surface area contributed by atoms with Crippen LogP contribution in [-0.2, 0) is 11.3 Å². The minimum atomic E-state index is -0.370. The van der Waals surface area contributed by atoms with Gasteiger partial charge in [-0.05, 0) is 36.5 Å². The number of fused-ring (bicyclic) bond motifs is 1. The average molecular weight is 411 g/mol. The second kappa shape index (κ2) is 8.35. The van der Waals surface area contributed by atoms with Gasteiger partial charge in [-0.2, -0.15) is 5.10 Å². The van der Waals surface area contributed by atoms with Gasteiger partial charge in [0.1, 0.15) is 0 Å². The highest BCUT2D eigenvalue weighted by atomic mass is 16.2. The van der Waals surface area contributed by atoms with Gasteiger partial charge in [0.2, 0.25) is 5.91 Å². The topological polar surface area (TPSA) is 73.2 Å². The van der Waals surface area contributed by atoms with Crippen molar-refractivity contribution in [3.63, 3.8) is 0 Å². The zero-order chi connectivity index (χ0) is 20.5. The van der Waals surface area contributed by atoms with Gasteiger partial charge in [0, 0.05) is 58.4 Å². The lowest BCUT2D eigenvalue weighted by molar-refractivity contribution is -0.120. The number of aromatic nitrogens is 2. The smallest absolute Gasteiger partial charge is 0.301 e. The summed E-state index contributed by atoms with van der Waals surface area (Å²) in [5.74, 6) is 0.696. The van der Waals surface area contributed by atoms with Gasteiger partial charge in [0.25, 0.3) is 0 Å². The Morgan fingerprint density at radius 3 is 2.57 bits per heavy atom. The Kier molecular flexibility index (Phi) is 5.43. The molecule has 0 spiro atoms. The Morgan fingerprint density at radius 1 is 1.03 bits per heavy atom. The quantitative estimate of drug-likeness (QED) is 0.817. The maximum atomic E-state index is 12.2. The molecule has 30 heavy (non-hydrogen) atoms. The van der Waals surface area contributed by atoms with Crippen molar-refractivity contribution in [1.29, 1.82) is 0 Å². The van der Waals surface area contributed by atoms with Crippen LogP contribution in [0, 0.1) is 5.92 Å². The number of piperazine rings is 1. The van der Waals surface area contributed by atoms with E-state index in [9.17, 15) is 9.59 Å². The molecule has 2 aliphatic heterocycles. The molecule has 1 saturated carbocycles. The van der Waals surface area contributed by atoms with Gasteiger partial charge in [-0.1, -0.05) is 12.8 Å². The fourth-order valence-electron chi connectivity index (χ4n) is 5.06. The minimum absolute atomic E-state index is 0.222. The van der Waals surface area contributed by atoms with Gasteiger partial charge in [0.05, 0.1) is 17.4 Å². The zero-order valence-electron chi connectivity index (χ0n) is 17.4. The van der Waals surface area contributed by atoms with Gasteiger partial charge in [0.15, 0.2) is 0 Å². The number of imide groups is 1. The summed E-state index contributed by atoms with van der Waals surface area (Å²) in [7, 11) is 0. The van der Waals surface area contributed by atoms with Crippen LogP contribution in [0.5, 0.6) is 0 Å². The summed E-state index contributed by atoms with van der Waals surface area (Å²) in [6.07, 6.45) is 9.63. The molecule has 2 aromatic rings. The number of pyridine rings is 1. The van der Waals surface area contributed by atoms with Gasteiger partial charge < -0.3 is 4.90 Å². The van der Waals surface area contributed by atoms with Gasteiger partial charge in [-0.15, -0.1) is 0 Å². The standard InChI is InChI=1S/C22H30N6O2/c29-21-6-7-27(22(30)24-21)20-14-23-28-8-5-18(13-19(20)28)16-26-11-9-25(10-12-26)15-17-3-1-2-4-17/h5,8,13-14,17H,1-4,6-7,9-12,15-16H2,(H,24,29,30). The van der Waals surface area contributed by atoms with E-state index in [1.54, 1.807) is 15.6 Å². The summed E-state index contributed by atoms with van der Waals surface area (Å²) in [6.45, 7) is 7.07. The third-order valence-corrected chi connectivity index (χ3v) is 6.77. The summed E-state index contributed by atoms with van der Waals surface area (Å²) >= 11 is 0. The van der Waals surface area contributed by atoms with Crippen molar-refractivity contribution in [3.8, 4) is 0 Å². The lowest BCUT2D eigenvalue weighted by Crippen LogP contribution is -2.49. The fraction of sp³-hybridized carbons (Fsp3) is 0.591. The van der Waals surface area contributed by atoms with Crippen LogP contribution in [-0.4, -0.2) is 70.6 Å². The van der Waals surface area contributed by atoms with Crippen LogP contribution in [0.4, 0.5) is 10.5 Å². The molecule has 0 aromatic carbocycles. The third-order valence-electron chi connectivity index (χ3n) is 6.77. The highest BCUT2D eigenvalue weighted by molar-refractivity contribution is 6.07. The average Bonchev–Trinajstić information content (AvgIpc) is 3.39. The molecule has 3 aliphatic rings. The van der Waals surface area contributed by atoms with Gasteiger partial charge in [-0.25, -0.2) is 9.31 Å². The Morgan fingerprint density at radius 2 is 1.80 bits per heavy atom. The normalized spacial score (nSPS) is 22.2. The lowest BCUT2D eigenvalue weighted by atomic mass is 10.1. The predicted molar refractivity (Wildman–Crippen MR) is 114 cm³/mol. The molecule has 8 heteroatoms. The van der Waals surface area contributed by atoms with E-state index >= 15 is 0 Å². The molecular formula is C22H30N6O2. The Bertz CT molecular complexity index is 927. The monoisotopic (exact) mass is 410 g/mol. The highest BCUT2D eigenvalue weighted by Gasteiger charge is 2.27. The van der Waals surface area contributed by atoms with Gasteiger partial charge in [-0.3, -0.25) is 19.9 Å². The van der Waals surface area contributed by atoms with Crippen LogP contribution in [0.25, 0.3) is 5.52 Å². The minimum Gasteiger partial charge on any atom is -0.301 e. The molecule has 4 heterocycles. The molecule has 3 amide bonds. The first-order valence-electron chi connectivity index (χ1n) is 11.2. The molecule has 0 atom stereocenters. The molecule has 160 valence electrons. The number of anilines is 1. The van der Waals surface area contributed by atoms with Crippen molar-refractivity contribution in [2.75, 3.05) is 44.2 Å². The zero-order valence-corrected chi connectivity index (χ0v) is 17.4. The number of nitrogens with zero attached hydrogens (tertiary/aromatic N) is 5. The summed E-state index contributed by atoms with van der Waals surface area (Å²) in [5.41, 5.74) is 2.88. The second-order valence-corrected chi connectivity index (χ2v) is 8.88. The van der Waals surface area contributed by atoms with Crippen LogP contribution in [0.15, 0.2) is 24.5 Å². The van der Waals surface area contributed by atoms with E-state index < -0.39 is 0 Å². The van der Waals surface area contributed by atoms with Crippen molar-refractivity contribution in [2.45, 2.75) is 38.6 Å². The SMILES string of the molecule is O=C1CCN(c2cnn3ccc(CN4CCN(CC5CCCC5)CC4)cc23)C(=O)N1. The van der Waals surface area contributed by atoms with Crippen LogP contribution >= 0.6 is 0 Å². The maximum absolute atomic E-state index is 12.2. The highest BCUT2D eigenvalue weighted by Crippen LogP contribution is 2.27. The number of hydrogen-bond donors (Lipinski definition) is 1. The number of rotatable bonds is 5. The number of urea groups is 1. The lowest BCUT2D eigenvalue weighted by Gasteiger charge is -2.36. The van der Waals surface area contributed by atoms with Crippen molar-refractivity contribution in [1.82, 2.24) is 24.7 Å².